The van der Waals surface area contributed by atoms with E-state index in [4.69, 9.17) is 0 Å². The van der Waals surface area contributed by atoms with Crippen LogP contribution in [0, 0.1) is 6.92 Å². The van der Waals surface area contributed by atoms with E-state index in [9.17, 15) is 14.4 Å². The van der Waals surface area contributed by atoms with Crippen LogP contribution in [0.25, 0.3) is 6.08 Å². The highest BCUT2D eigenvalue weighted by Gasteiger charge is 2.38. The molecule has 160 valence electrons. The standard InChI is InChI=1S/C25H27N3O3/c1-15-8-6-7-9-20(15)28-23(30)19(22(29)26-24(28)31)13-17-10-11-21-18(12-17)16(2)14-25(3,4)27(21)5/h6-13,16H,14H2,1-5H3,(H,26,29,31)/b19-13+. The van der Waals surface area contributed by atoms with E-state index in [1.165, 1.54) is 5.56 Å². The van der Waals surface area contributed by atoms with E-state index in [0.717, 1.165) is 28.1 Å². The maximum absolute atomic E-state index is 13.2. The molecule has 0 bridgehead atoms. The van der Waals surface area contributed by atoms with Crippen LogP contribution in [0.2, 0.25) is 0 Å². The Kier molecular flexibility index (Phi) is 4.96. The number of carbonyl (C=O) groups excluding carboxylic acids is 3. The molecule has 0 aromatic heterocycles. The maximum atomic E-state index is 13.2. The fourth-order valence-corrected chi connectivity index (χ4v) is 4.54. The number of hydrogen-bond acceptors (Lipinski definition) is 4. The van der Waals surface area contributed by atoms with Gasteiger partial charge >= 0.3 is 6.03 Å². The number of para-hydroxylation sites is 1. The second-order valence-electron chi connectivity index (χ2n) is 9.04. The third-order valence-corrected chi connectivity index (χ3v) is 6.43. The number of carbonyl (C=O) groups is 3. The number of nitrogens with zero attached hydrogens (tertiary/aromatic N) is 2. The molecule has 2 aromatic carbocycles. The van der Waals surface area contributed by atoms with Gasteiger partial charge in [0.2, 0.25) is 0 Å². The van der Waals surface area contributed by atoms with Crippen molar-refractivity contribution in [3.63, 3.8) is 0 Å². The third-order valence-electron chi connectivity index (χ3n) is 6.43. The Labute approximate surface area is 182 Å². The van der Waals surface area contributed by atoms with Gasteiger partial charge in [0.15, 0.2) is 0 Å². The Morgan fingerprint density at radius 1 is 1.06 bits per heavy atom. The number of barbiturate groups is 1. The van der Waals surface area contributed by atoms with Crippen LogP contribution in [0.5, 0.6) is 0 Å². The summed E-state index contributed by atoms with van der Waals surface area (Å²) >= 11 is 0. The number of urea groups is 1. The Balaban J connectivity index is 1.74. The molecule has 0 spiro atoms. The zero-order valence-corrected chi connectivity index (χ0v) is 18.5. The van der Waals surface area contributed by atoms with Crippen molar-refractivity contribution in [2.75, 3.05) is 16.8 Å². The molecule has 2 aromatic rings. The van der Waals surface area contributed by atoms with Crippen molar-refractivity contribution < 1.29 is 14.4 Å². The van der Waals surface area contributed by atoms with E-state index in [1.807, 2.05) is 37.3 Å². The minimum absolute atomic E-state index is 0.0556. The lowest BCUT2D eigenvalue weighted by Gasteiger charge is -2.45. The summed E-state index contributed by atoms with van der Waals surface area (Å²) in [6.45, 7) is 8.47. The van der Waals surface area contributed by atoms with Gasteiger partial charge in [0.25, 0.3) is 11.8 Å². The lowest BCUT2D eigenvalue weighted by atomic mass is 9.80. The van der Waals surface area contributed by atoms with E-state index >= 15 is 0 Å². The van der Waals surface area contributed by atoms with Crippen LogP contribution in [0.15, 0.2) is 48.0 Å². The highest BCUT2D eigenvalue weighted by atomic mass is 16.2. The van der Waals surface area contributed by atoms with Crippen LogP contribution in [0.4, 0.5) is 16.2 Å². The molecule has 0 aliphatic carbocycles. The first-order valence-electron chi connectivity index (χ1n) is 10.4. The number of fused-ring (bicyclic) bond motifs is 1. The monoisotopic (exact) mass is 417 g/mol. The highest BCUT2D eigenvalue weighted by Crippen LogP contribution is 2.42. The summed E-state index contributed by atoms with van der Waals surface area (Å²) in [4.78, 5) is 41.4. The molecule has 6 heteroatoms. The predicted molar refractivity (Wildman–Crippen MR) is 122 cm³/mol. The highest BCUT2D eigenvalue weighted by molar-refractivity contribution is 6.39. The lowest BCUT2D eigenvalue weighted by molar-refractivity contribution is -0.122. The number of anilines is 2. The van der Waals surface area contributed by atoms with Gasteiger partial charge in [-0.25, -0.2) is 9.69 Å². The molecule has 1 saturated heterocycles. The number of nitrogens with one attached hydrogen (secondary N) is 1. The summed E-state index contributed by atoms with van der Waals surface area (Å²) < 4.78 is 0. The van der Waals surface area contributed by atoms with Gasteiger partial charge in [-0.05, 0) is 74.1 Å². The normalized spacial score (nSPS) is 21.9. The average Bonchev–Trinajstić information content (AvgIpc) is 2.70. The number of aryl methyl sites for hydroxylation is 1. The van der Waals surface area contributed by atoms with Gasteiger partial charge in [-0.3, -0.25) is 14.9 Å². The Morgan fingerprint density at radius 3 is 2.48 bits per heavy atom. The van der Waals surface area contributed by atoms with Gasteiger partial charge in [0.1, 0.15) is 5.57 Å². The molecular formula is C25H27N3O3. The molecular weight excluding hydrogens is 390 g/mol. The fourth-order valence-electron chi connectivity index (χ4n) is 4.54. The van der Waals surface area contributed by atoms with Crippen LogP contribution in [-0.4, -0.2) is 30.4 Å². The van der Waals surface area contributed by atoms with E-state index < -0.39 is 17.8 Å². The fraction of sp³-hybridized carbons (Fsp3) is 0.320. The molecule has 1 unspecified atom stereocenters. The van der Waals surface area contributed by atoms with Gasteiger partial charge in [-0.2, -0.15) is 0 Å². The van der Waals surface area contributed by atoms with Crippen LogP contribution in [0.3, 0.4) is 0 Å². The number of hydrogen-bond donors (Lipinski definition) is 1. The van der Waals surface area contributed by atoms with Crippen LogP contribution in [-0.2, 0) is 9.59 Å². The van der Waals surface area contributed by atoms with Crippen molar-refractivity contribution in [1.82, 2.24) is 5.32 Å². The largest absolute Gasteiger partial charge is 0.369 e. The number of rotatable bonds is 2. The lowest BCUT2D eigenvalue weighted by Crippen LogP contribution is -2.54. The molecule has 0 saturated carbocycles. The first-order valence-corrected chi connectivity index (χ1v) is 10.4. The molecule has 0 radical (unpaired) electrons. The molecule has 2 aliphatic heterocycles. The number of amides is 4. The third kappa shape index (κ3) is 3.52. The molecule has 4 rings (SSSR count). The Hall–Kier alpha value is -3.41. The van der Waals surface area contributed by atoms with E-state index in [1.54, 1.807) is 18.2 Å². The van der Waals surface area contributed by atoms with Crippen LogP contribution < -0.4 is 15.1 Å². The molecule has 1 atom stereocenters. The summed E-state index contributed by atoms with van der Waals surface area (Å²) in [5.41, 5.74) is 4.34. The molecule has 2 heterocycles. The summed E-state index contributed by atoms with van der Waals surface area (Å²) in [7, 11) is 2.09. The Bertz CT molecular complexity index is 1130. The second-order valence-corrected chi connectivity index (χ2v) is 9.04. The molecule has 31 heavy (non-hydrogen) atoms. The average molecular weight is 418 g/mol. The van der Waals surface area contributed by atoms with Crippen molar-refractivity contribution in [3.05, 3.63) is 64.7 Å². The first-order chi connectivity index (χ1) is 14.6. The van der Waals surface area contributed by atoms with Gasteiger partial charge in [-0.1, -0.05) is 31.2 Å². The predicted octanol–water partition coefficient (Wildman–Crippen LogP) is 4.38. The van der Waals surface area contributed by atoms with Crippen molar-refractivity contribution in [2.45, 2.75) is 45.6 Å². The second kappa shape index (κ2) is 7.38. The molecule has 4 amide bonds. The van der Waals surface area contributed by atoms with E-state index in [0.29, 0.717) is 11.6 Å². The molecule has 2 aliphatic rings. The van der Waals surface area contributed by atoms with Gasteiger partial charge in [0, 0.05) is 18.3 Å². The minimum atomic E-state index is -0.732. The zero-order valence-electron chi connectivity index (χ0n) is 18.5. The van der Waals surface area contributed by atoms with Crippen molar-refractivity contribution in [3.8, 4) is 0 Å². The van der Waals surface area contributed by atoms with Crippen LogP contribution >= 0.6 is 0 Å². The van der Waals surface area contributed by atoms with Crippen molar-refractivity contribution in [1.29, 1.82) is 0 Å². The SMILES string of the molecule is Cc1ccccc1N1C(=O)NC(=O)/C(=C\c2ccc3c(c2)C(C)CC(C)(C)N3C)C1=O. The zero-order chi connectivity index (χ0) is 22.5. The number of benzene rings is 2. The molecule has 1 N–H and O–H groups in total. The van der Waals surface area contributed by atoms with E-state index in [2.05, 4.69) is 38.0 Å². The first kappa shape index (κ1) is 20.8. The quantitative estimate of drug-likeness (QED) is 0.581. The van der Waals surface area contributed by atoms with Crippen LogP contribution in [0.1, 0.15) is 49.8 Å². The summed E-state index contributed by atoms with van der Waals surface area (Å²) in [5.74, 6) is -0.948. The van der Waals surface area contributed by atoms with E-state index in [-0.39, 0.29) is 11.1 Å². The molecule has 6 nitrogen and oxygen atoms in total. The summed E-state index contributed by atoms with van der Waals surface area (Å²) in [5, 5.41) is 2.30. The maximum Gasteiger partial charge on any atom is 0.335 e. The molecule has 1 fully saturated rings. The van der Waals surface area contributed by atoms with Crippen molar-refractivity contribution in [2.24, 2.45) is 0 Å². The van der Waals surface area contributed by atoms with Crippen molar-refractivity contribution >= 4 is 35.3 Å². The summed E-state index contributed by atoms with van der Waals surface area (Å²) in [6.07, 6.45) is 2.58. The van der Waals surface area contributed by atoms with Gasteiger partial charge in [-0.15, -0.1) is 0 Å². The summed E-state index contributed by atoms with van der Waals surface area (Å²) in [6, 6.07) is 12.3. The Morgan fingerprint density at radius 2 is 1.77 bits per heavy atom. The van der Waals surface area contributed by atoms with Gasteiger partial charge < -0.3 is 4.90 Å². The minimum Gasteiger partial charge on any atom is -0.369 e. The van der Waals surface area contributed by atoms with Gasteiger partial charge in [0.05, 0.1) is 5.69 Å². The number of imide groups is 2. The topological polar surface area (TPSA) is 69.7 Å². The smallest absolute Gasteiger partial charge is 0.335 e.